The van der Waals surface area contributed by atoms with E-state index in [1.165, 1.54) is 0 Å². The van der Waals surface area contributed by atoms with Crippen LogP contribution in [0.4, 0.5) is 0 Å². The van der Waals surface area contributed by atoms with Gasteiger partial charge in [0.2, 0.25) is 0 Å². The zero-order chi connectivity index (χ0) is 11.0. The Kier molecular flexibility index (Phi) is 1.94. The van der Waals surface area contributed by atoms with E-state index in [0.29, 0.717) is 12.5 Å². The number of hydrogen-bond donors (Lipinski definition) is 4. The van der Waals surface area contributed by atoms with Crippen molar-refractivity contribution in [3.63, 3.8) is 0 Å². The summed E-state index contributed by atoms with van der Waals surface area (Å²) in [5, 5.41) is 6.36. The summed E-state index contributed by atoms with van der Waals surface area (Å²) in [6.07, 6.45) is 7.32. The van der Waals surface area contributed by atoms with Crippen LogP contribution < -0.4 is 21.9 Å². The molecule has 0 spiro atoms. The van der Waals surface area contributed by atoms with Gasteiger partial charge in [0.05, 0.1) is 17.7 Å². The largest absolute Gasteiger partial charge is 0.463 e. The first kappa shape index (κ1) is 9.05. The molecule has 3 aliphatic rings. The van der Waals surface area contributed by atoms with Crippen molar-refractivity contribution in [1.82, 2.24) is 16.1 Å². The Balaban J connectivity index is 2.02. The maximum Gasteiger partial charge on any atom is 0.163 e. The molecule has 0 radical (unpaired) electrons. The molecular formula is C10H11N5O. The zero-order valence-corrected chi connectivity index (χ0v) is 8.45. The van der Waals surface area contributed by atoms with Gasteiger partial charge in [0.1, 0.15) is 12.4 Å². The van der Waals surface area contributed by atoms with Crippen LogP contribution in [0.3, 0.4) is 0 Å². The van der Waals surface area contributed by atoms with E-state index in [1.807, 2.05) is 18.2 Å². The van der Waals surface area contributed by atoms with Gasteiger partial charge in [-0.3, -0.25) is 0 Å². The number of dihydropyridines is 1. The Hall–Kier alpha value is -2.21. The van der Waals surface area contributed by atoms with Crippen LogP contribution in [0.5, 0.6) is 0 Å². The average Bonchev–Trinajstić information content (AvgIpc) is 2.35. The van der Waals surface area contributed by atoms with Gasteiger partial charge in [-0.05, 0) is 12.2 Å². The molecule has 6 heteroatoms. The van der Waals surface area contributed by atoms with Gasteiger partial charge in [0.15, 0.2) is 11.6 Å². The van der Waals surface area contributed by atoms with Crippen molar-refractivity contribution in [2.45, 2.75) is 0 Å². The lowest BCUT2D eigenvalue weighted by atomic mass is 10.1. The summed E-state index contributed by atoms with van der Waals surface area (Å²) in [4.78, 5) is 4.20. The topological polar surface area (TPSA) is 83.7 Å². The van der Waals surface area contributed by atoms with Gasteiger partial charge in [-0.2, -0.15) is 0 Å². The minimum absolute atomic E-state index is 0.499. The third-order valence-corrected chi connectivity index (χ3v) is 2.49. The van der Waals surface area contributed by atoms with Crippen molar-refractivity contribution in [1.29, 1.82) is 0 Å². The summed E-state index contributed by atoms with van der Waals surface area (Å²) in [6, 6.07) is 0. The van der Waals surface area contributed by atoms with Crippen molar-refractivity contribution in [3.05, 3.63) is 47.3 Å². The highest BCUT2D eigenvalue weighted by Crippen LogP contribution is 2.24. The van der Waals surface area contributed by atoms with Gasteiger partial charge < -0.3 is 20.8 Å². The number of nitrogens with zero attached hydrogens (tertiary/aromatic N) is 1. The van der Waals surface area contributed by atoms with E-state index in [2.05, 4.69) is 21.1 Å². The second kappa shape index (κ2) is 3.42. The molecule has 16 heavy (non-hydrogen) atoms. The summed E-state index contributed by atoms with van der Waals surface area (Å²) < 4.78 is 5.38. The molecule has 0 fully saturated rings. The van der Waals surface area contributed by atoms with Crippen LogP contribution in [-0.2, 0) is 4.74 Å². The fraction of sp³-hybridized carbons (Fsp3) is 0.100. The molecule has 0 aliphatic carbocycles. The second-order valence-corrected chi connectivity index (χ2v) is 3.43. The van der Waals surface area contributed by atoms with Crippen molar-refractivity contribution >= 4 is 5.84 Å². The Bertz CT molecular complexity index is 483. The highest BCUT2D eigenvalue weighted by Gasteiger charge is 2.24. The summed E-state index contributed by atoms with van der Waals surface area (Å²) in [7, 11) is 0. The van der Waals surface area contributed by atoms with E-state index in [-0.39, 0.29) is 0 Å². The van der Waals surface area contributed by atoms with Gasteiger partial charge in [-0.25, -0.2) is 10.8 Å². The van der Waals surface area contributed by atoms with Gasteiger partial charge in [0.25, 0.3) is 0 Å². The van der Waals surface area contributed by atoms with E-state index in [9.17, 15) is 0 Å². The number of amidine groups is 1. The minimum Gasteiger partial charge on any atom is -0.463 e. The Morgan fingerprint density at radius 2 is 2.44 bits per heavy atom. The molecule has 0 aromatic carbocycles. The highest BCUT2D eigenvalue weighted by atomic mass is 16.5. The second-order valence-electron chi connectivity index (χ2n) is 3.43. The van der Waals surface area contributed by atoms with Crippen LogP contribution in [0.15, 0.2) is 52.3 Å². The van der Waals surface area contributed by atoms with Crippen molar-refractivity contribution in [2.75, 3.05) is 6.67 Å². The molecule has 6 nitrogen and oxygen atoms in total. The van der Waals surface area contributed by atoms with Crippen molar-refractivity contribution in [3.8, 4) is 0 Å². The smallest absolute Gasteiger partial charge is 0.163 e. The van der Waals surface area contributed by atoms with Crippen LogP contribution in [0, 0.1) is 0 Å². The van der Waals surface area contributed by atoms with Gasteiger partial charge >= 0.3 is 0 Å². The first-order valence-corrected chi connectivity index (χ1v) is 4.90. The summed E-state index contributed by atoms with van der Waals surface area (Å²) in [5.41, 5.74) is 5.23. The number of fused-ring (bicyclic) bond motifs is 1. The Morgan fingerprint density at radius 3 is 3.31 bits per heavy atom. The van der Waals surface area contributed by atoms with Crippen LogP contribution >= 0.6 is 0 Å². The molecule has 0 unspecified atom stereocenters. The zero-order valence-electron chi connectivity index (χ0n) is 8.45. The van der Waals surface area contributed by atoms with Crippen LogP contribution in [0.25, 0.3) is 0 Å². The standard InChI is InChI=1S/C10H11N5O/c11-15-10-9-7(12-5-13-10)4-8-6(14-9)2-1-3-16-8/h1-4,12,14H,5,11H2,(H,13,15). The molecule has 0 atom stereocenters. The Labute approximate surface area is 92.2 Å². The minimum atomic E-state index is 0.499. The number of hydrogen-bond acceptors (Lipinski definition) is 6. The van der Waals surface area contributed by atoms with Gasteiger partial charge in [0, 0.05) is 6.08 Å². The van der Waals surface area contributed by atoms with Crippen LogP contribution in [-0.4, -0.2) is 12.5 Å². The molecule has 82 valence electrons. The molecule has 3 rings (SSSR count). The number of ether oxygens (including phenoxy) is 1. The van der Waals surface area contributed by atoms with E-state index < -0.39 is 0 Å². The van der Waals surface area contributed by atoms with Gasteiger partial charge in [-0.1, -0.05) is 0 Å². The lowest BCUT2D eigenvalue weighted by Crippen LogP contribution is -2.43. The van der Waals surface area contributed by atoms with Crippen LogP contribution in [0.2, 0.25) is 0 Å². The molecule has 3 heterocycles. The first-order valence-electron chi connectivity index (χ1n) is 4.90. The lowest BCUT2D eigenvalue weighted by molar-refractivity contribution is 0.348. The SMILES string of the molecule is NNC1=NCNC2=C1NC1=CC=COC1=C2. The lowest BCUT2D eigenvalue weighted by Gasteiger charge is -2.28. The number of nitrogens with one attached hydrogen (secondary N) is 3. The maximum absolute atomic E-state index is 5.41. The van der Waals surface area contributed by atoms with Crippen molar-refractivity contribution in [2.24, 2.45) is 10.8 Å². The molecule has 0 amide bonds. The molecule has 0 saturated carbocycles. The fourth-order valence-corrected chi connectivity index (χ4v) is 1.74. The molecule has 0 bridgehead atoms. The molecule has 0 aromatic rings. The van der Waals surface area contributed by atoms with E-state index in [0.717, 1.165) is 22.9 Å². The van der Waals surface area contributed by atoms with E-state index >= 15 is 0 Å². The quantitative estimate of drug-likeness (QED) is 0.326. The number of hydrazine groups is 1. The number of aliphatic imine (C=N–C) groups is 1. The highest BCUT2D eigenvalue weighted by molar-refractivity contribution is 5.99. The van der Waals surface area contributed by atoms with Crippen molar-refractivity contribution < 1.29 is 4.74 Å². The Morgan fingerprint density at radius 1 is 1.50 bits per heavy atom. The molecule has 5 N–H and O–H groups in total. The number of nitrogens with two attached hydrogens (primary N) is 1. The molecule has 0 aromatic heterocycles. The van der Waals surface area contributed by atoms with E-state index in [1.54, 1.807) is 6.26 Å². The summed E-state index contributed by atoms with van der Waals surface area (Å²) in [5.74, 6) is 6.83. The summed E-state index contributed by atoms with van der Waals surface area (Å²) >= 11 is 0. The van der Waals surface area contributed by atoms with Crippen LogP contribution in [0.1, 0.15) is 0 Å². The molecular weight excluding hydrogens is 206 g/mol. The first-order chi connectivity index (χ1) is 7.88. The normalized spacial score (nSPS) is 21.4. The summed E-state index contributed by atoms with van der Waals surface area (Å²) in [6.45, 7) is 0.499. The molecule has 0 saturated heterocycles. The third kappa shape index (κ3) is 1.28. The number of allylic oxidation sites excluding steroid dienone is 3. The monoisotopic (exact) mass is 217 g/mol. The van der Waals surface area contributed by atoms with Gasteiger partial charge in [-0.15, -0.1) is 0 Å². The average molecular weight is 217 g/mol. The number of rotatable bonds is 0. The predicted molar refractivity (Wildman–Crippen MR) is 59.3 cm³/mol. The maximum atomic E-state index is 5.41. The molecule has 3 aliphatic heterocycles. The predicted octanol–water partition coefficient (Wildman–Crippen LogP) is -0.465. The fourth-order valence-electron chi connectivity index (χ4n) is 1.74. The van der Waals surface area contributed by atoms with E-state index in [4.69, 9.17) is 10.6 Å². The third-order valence-electron chi connectivity index (χ3n) is 2.49.